The number of carboxylic acid groups (broad SMARTS) is 1. The van der Waals surface area contributed by atoms with Crippen LogP contribution in [0.5, 0.6) is 0 Å². The van der Waals surface area contributed by atoms with Gasteiger partial charge < -0.3 is 10.2 Å². The van der Waals surface area contributed by atoms with Crippen molar-refractivity contribution >= 4 is 23.1 Å². The molecule has 0 fully saturated rings. The van der Waals surface area contributed by atoms with E-state index in [-0.39, 0.29) is 5.82 Å². The summed E-state index contributed by atoms with van der Waals surface area (Å²) in [4.78, 5) is 22.4. The molecule has 0 aliphatic heterocycles. The molecule has 0 unspecified atom stereocenters. The Bertz CT molecular complexity index is 718. The zero-order valence-electron chi connectivity index (χ0n) is 10.7. The molecular formula is C15H11FO4S. The van der Waals surface area contributed by atoms with Gasteiger partial charge in [-0.15, -0.1) is 0 Å². The van der Waals surface area contributed by atoms with Crippen LogP contribution >= 0.6 is 11.3 Å². The van der Waals surface area contributed by atoms with E-state index in [1.165, 1.54) is 23.5 Å². The number of rotatable bonds is 5. The number of benzene rings is 1. The van der Waals surface area contributed by atoms with Crippen LogP contribution in [0, 0.1) is 5.82 Å². The summed E-state index contributed by atoms with van der Waals surface area (Å²) in [7, 11) is 0. The number of hydrogen-bond donors (Lipinski definition) is 2. The molecule has 2 N–H and O–H groups in total. The van der Waals surface area contributed by atoms with Gasteiger partial charge in [-0.3, -0.25) is 4.79 Å². The molecule has 0 saturated heterocycles. The summed E-state index contributed by atoms with van der Waals surface area (Å²) in [5.74, 6) is -3.53. The van der Waals surface area contributed by atoms with Gasteiger partial charge in [-0.05, 0) is 35.1 Å². The molecule has 2 aromatic rings. The number of aliphatic hydroxyl groups is 1. The van der Waals surface area contributed by atoms with Crippen LogP contribution in [0.4, 0.5) is 4.39 Å². The fraction of sp³-hybridized carbons (Fsp3) is 0.0667. The number of aliphatic carboxylic acids is 1. The van der Waals surface area contributed by atoms with Crippen LogP contribution in [-0.2, 0) is 11.2 Å². The molecule has 1 heterocycles. The van der Waals surface area contributed by atoms with Crippen molar-refractivity contribution in [1.82, 2.24) is 0 Å². The van der Waals surface area contributed by atoms with E-state index in [9.17, 15) is 14.0 Å². The minimum Gasteiger partial charge on any atom is -0.502 e. The quantitative estimate of drug-likeness (QED) is 0.505. The van der Waals surface area contributed by atoms with Gasteiger partial charge in [0.15, 0.2) is 5.78 Å². The van der Waals surface area contributed by atoms with Gasteiger partial charge in [0.2, 0.25) is 5.76 Å². The van der Waals surface area contributed by atoms with E-state index in [4.69, 9.17) is 10.2 Å². The molecule has 0 aliphatic rings. The summed E-state index contributed by atoms with van der Waals surface area (Å²) in [6.07, 6.45) is 1.02. The molecule has 4 nitrogen and oxygen atoms in total. The average Bonchev–Trinajstić information content (AvgIpc) is 2.86. The summed E-state index contributed by atoms with van der Waals surface area (Å²) < 4.78 is 13.1. The number of aliphatic hydroxyl groups excluding tert-OH is 1. The summed E-state index contributed by atoms with van der Waals surface area (Å²) in [5, 5.41) is 21.0. The van der Waals surface area contributed by atoms with Crippen molar-refractivity contribution in [2.24, 2.45) is 0 Å². The minimum atomic E-state index is -1.56. The Morgan fingerprint density at radius 3 is 2.67 bits per heavy atom. The van der Waals surface area contributed by atoms with Crippen molar-refractivity contribution in [2.75, 3.05) is 0 Å². The number of allylic oxidation sites excluding steroid dienone is 1. The molecule has 0 atom stereocenters. The Morgan fingerprint density at radius 1 is 1.24 bits per heavy atom. The smallest absolute Gasteiger partial charge is 0.371 e. The van der Waals surface area contributed by atoms with E-state index in [1.54, 1.807) is 22.9 Å². The first kappa shape index (κ1) is 14.9. The second-order valence-corrected chi connectivity index (χ2v) is 5.06. The van der Waals surface area contributed by atoms with Crippen LogP contribution in [0.15, 0.2) is 46.9 Å². The van der Waals surface area contributed by atoms with E-state index in [0.717, 1.165) is 0 Å². The molecule has 0 bridgehead atoms. The van der Waals surface area contributed by atoms with Crippen LogP contribution in [0.2, 0.25) is 0 Å². The van der Waals surface area contributed by atoms with Gasteiger partial charge in [-0.25, -0.2) is 9.18 Å². The van der Waals surface area contributed by atoms with Gasteiger partial charge in [0.05, 0.1) is 0 Å². The first-order valence-electron chi connectivity index (χ1n) is 5.95. The largest absolute Gasteiger partial charge is 0.502 e. The monoisotopic (exact) mass is 306 g/mol. The van der Waals surface area contributed by atoms with Crippen molar-refractivity contribution in [3.63, 3.8) is 0 Å². The molecular weight excluding hydrogens is 295 g/mol. The highest BCUT2D eigenvalue weighted by molar-refractivity contribution is 7.08. The van der Waals surface area contributed by atoms with E-state index >= 15 is 0 Å². The molecule has 0 spiro atoms. The molecule has 6 heteroatoms. The zero-order chi connectivity index (χ0) is 15.4. The van der Waals surface area contributed by atoms with E-state index < -0.39 is 17.5 Å². The van der Waals surface area contributed by atoms with Gasteiger partial charge in [0.1, 0.15) is 5.82 Å². The summed E-state index contributed by atoms with van der Waals surface area (Å²) >= 11 is 1.28. The van der Waals surface area contributed by atoms with E-state index in [2.05, 4.69) is 0 Å². The first-order valence-corrected chi connectivity index (χ1v) is 6.89. The van der Waals surface area contributed by atoms with Gasteiger partial charge in [0.25, 0.3) is 0 Å². The number of thiophene rings is 1. The SMILES string of the molecule is O=C(O)C(O)=CC(=O)c1cscc1Cc1cccc(F)c1. The Morgan fingerprint density at radius 2 is 2.00 bits per heavy atom. The third kappa shape index (κ3) is 3.76. The van der Waals surface area contributed by atoms with Crippen LogP contribution in [0.3, 0.4) is 0 Å². The normalized spacial score (nSPS) is 11.4. The fourth-order valence-electron chi connectivity index (χ4n) is 1.81. The maximum Gasteiger partial charge on any atom is 0.371 e. The second-order valence-electron chi connectivity index (χ2n) is 4.32. The van der Waals surface area contributed by atoms with Crippen molar-refractivity contribution in [3.05, 3.63) is 69.4 Å². The van der Waals surface area contributed by atoms with Gasteiger partial charge in [-0.2, -0.15) is 11.3 Å². The van der Waals surface area contributed by atoms with Crippen molar-refractivity contribution < 1.29 is 24.2 Å². The number of carbonyl (C=O) groups is 2. The number of carboxylic acids is 1. The molecule has 0 aliphatic carbocycles. The van der Waals surface area contributed by atoms with Crippen molar-refractivity contribution in [2.45, 2.75) is 6.42 Å². The third-order valence-electron chi connectivity index (χ3n) is 2.78. The maximum absolute atomic E-state index is 13.1. The Hall–Kier alpha value is -2.47. The molecule has 108 valence electrons. The van der Waals surface area contributed by atoms with Crippen LogP contribution < -0.4 is 0 Å². The standard InChI is InChI=1S/C15H11FO4S/c16-11-3-1-2-9(5-11)4-10-7-21-8-12(10)13(17)6-14(18)15(19)20/h1-3,5-8,18H,4H2,(H,19,20). The summed E-state index contributed by atoms with van der Waals surface area (Å²) in [6.45, 7) is 0. The highest BCUT2D eigenvalue weighted by atomic mass is 32.1. The fourth-order valence-corrected chi connectivity index (χ4v) is 2.65. The molecule has 21 heavy (non-hydrogen) atoms. The first-order chi connectivity index (χ1) is 9.97. The highest BCUT2D eigenvalue weighted by Gasteiger charge is 2.14. The van der Waals surface area contributed by atoms with Gasteiger partial charge >= 0.3 is 5.97 Å². The molecule has 1 aromatic carbocycles. The summed E-state index contributed by atoms with van der Waals surface area (Å²) in [5.41, 5.74) is 1.66. The highest BCUT2D eigenvalue weighted by Crippen LogP contribution is 2.20. The molecule has 0 saturated carbocycles. The summed E-state index contributed by atoms with van der Waals surface area (Å²) in [6, 6.07) is 6.02. The predicted molar refractivity (Wildman–Crippen MR) is 76.2 cm³/mol. The minimum absolute atomic E-state index is 0.303. The molecule has 1 aromatic heterocycles. The van der Waals surface area contributed by atoms with Gasteiger partial charge in [-0.1, -0.05) is 12.1 Å². The Kier molecular flexibility index (Phi) is 4.49. The van der Waals surface area contributed by atoms with Gasteiger partial charge in [0, 0.05) is 17.0 Å². The number of hydrogen-bond acceptors (Lipinski definition) is 4. The van der Waals surface area contributed by atoms with Crippen molar-refractivity contribution in [1.29, 1.82) is 0 Å². The molecule has 0 amide bonds. The van der Waals surface area contributed by atoms with E-state index in [0.29, 0.717) is 29.2 Å². The average molecular weight is 306 g/mol. The van der Waals surface area contributed by atoms with Crippen LogP contribution in [-0.4, -0.2) is 22.0 Å². The van der Waals surface area contributed by atoms with Crippen molar-refractivity contribution in [3.8, 4) is 0 Å². The van der Waals surface area contributed by atoms with Crippen LogP contribution in [0.1, 0.15) is 21.5 Å². The lowest BCUT2D eigenvalue weighted by Gasteiger charge is -2.02. The lowest BCUT2D eigenvalue weighted by Crippen LogP contribution is -2.05. The molecule has 2 rings (SSSR count). The third-order valence-corrected chi connectivity index (χ3v) is 3.57. The van der Waals surface area contributed by atoms with E-state index in [1.807, 2.05) is 0 Å². The van der Waals surface area contributed by atoms with Crippen LogP contribution in [0.25, 0.3) is 0 Å². The lowest BCUT2D eigenvalue weighted by atomic mass is 10.0. The topological polar surface area (TPSA) is 74.6 Å². The Balaban J connectivity index is 2.25. The Labute approximate surface area is 123 Å². The number of halogens is 1. The molecule has 0 radical (unpaired) electrons. The lowest BCUT2D eigenvalue weighted by molar-refractivity contribution is -0.135. The number of ketones is 1. The second kappa shape index (κ2) is 6.32. The zero-order valence-corrected chi connectivity index (χ0v) is 11.6. The predicted octanol–water partition coefficient (Wildman–Crippen LogP) is 3.19. The maximum atomic E-state index is 13.1. The number of carbonyl (C=O) groups excluding carboxylic acids is 1.